The van der Waals surface area contributed by atoms with Crippen molar-refractivity contribution in [2.24, 2.45) is 0 Å². The molecular formula is C11H16ClN2O4PS. The number of benzene rings is 1. The van der Waals surface area contributed by atoms with Crippen LogP contribution in [0.25, 0.3) is 0 Å². The van der Waals surface area contributed by atoms with Crippen LogP contribution in [0, 0.1) is 10.1 Å². The third kappa shape index (κ3) is 4.68. The quantitative estimate of drug-likeness (QED) is 0.462. The summed E-state index contributed by atoms with van der Waals surface area (Å²) in [5.41, 5.74) is -0.239. The molecule has 0 aliphatic rings. The molecule has 112 valence electrons. The van der Waals surface area contributed by atoms with E-state index in [4.69, 9.17) is 32.5 Å². The van der Waals surface area contributed by atoms with E-state index >= 15 is 0 Å². The van der Waals surface area contributed by atoms with Gasteiger partial charge in [0.25, 0.3) is 0 Å². The number of halogens is 1. The van der Waals surface area contributed by atoms with Crippen molar-refractivity contribution >= 4 is 35.7 Å². The van der Waals surface area contributed by atoms with Crippen molar-refractivity contribution in [2.45, 2.75) is 26.8 Å². The second kappa shape index (κ2) is 7.33. The summed E-state index contributed by atoms with van der Waals surface area (Å²) in [5, 5.41) is 14.1. The molecule has 1 aromatic carbocycles. The first-order valence-corrected chi connectivity index (χ1v) is 8.95. The highest BCUT2D eigenvalue weighted by Crippen LogP contribution is 2.49. The number of nitrogens with zero attached hydrogens (tertiary/aromatic N) is 1. The van der Waals surface area contributed by atoms with E-state index in [0.717, 1.165) is 0 Å². The molecule has 0 spiro atoms. The number of rotatable bonds is 7. The number of nitrogens with one attached hydrogen (secondary N) is 1. The van der Waals surface area contributed by atoms with Gasteiger partial charge in [-0.05, 0) is 38.6 Å². The molecule has 0 saturated heterocycles. The summed E-state index contributed by atoms with van der Waals surface area (Å²) in [4.78, 5) is 10.5. The van der Waals surface area contributed by atoms with Gasteiger partial charge < -0.3 is 9.05 Å². The predicted octanol–water partition coefficient (Wildman–Crippen LogP) is 3.89. The van der Waals surface area contributed by atoms with E-state index in [1.807, 2.05) is 13.8 Å². The largest absolute Gasteiger partial charge is 0.424 e. The van der Waals surface area contributed by atoms with Crippen LogP contribution in [0.4, 0.5) is 5.69 Å². The Kier molecular flexibility index (Phi) is 6.36. The molecule has 0 heterocycles. The molecule has 1 atom stereocenters. The van der Waals surface area contributed by atoms with Crippen LogP contribution in [0.2, 0.25) is 5.02 Å². The third-order valence-electron chi connectivity index (χ3n) is 2.07. The third-order valence-corrected chi connectivity index (χ3v) is 5.08. The van der Waals surface area contributed by atoms with Crippen molar-refractivity contribution < 1.29 is 14.0 Å². The SMILES string of the molecule is CCOP(=S)(NC(C)C)Oc1c(Cl)cccc1[N+](=O)[O-]. The fourth-order valence-corrected chi connectivity index (χ4v) is 4.45. The molecule has 6 nitrogen and oxygen atoms in total. The van der Waals surface area contributed by atoms with Crippen molar-refractivity contribution in [2.75, 3.05) is 6.61 Å². The normalized spacial score (nSPS) is 14.1. The summed E-state index contributed by atoms with van der Waals surface area (Å²) in [7, 11) is 0. The maximum Gasteiger partial charge on any atom is 0.313 e. The van der Waals surface area contributed by atoms with Gasteiger partial charge in [0.1, 0.15) is 0 Å². The van der Waals surface area contributed by atoms with E-state index < -0.39 is 11.6 Å². The van der Waals surface area contributed by atoms with Crippen LogP contribution in [-0.2, 0) is 16.3 Å². The van der Waals surface area contributed by atoms with E-state index in [0.29, 0.717) is 6.61 Å². The highest BCUT2D eigenvalue weighted by Gasteiger charge is 2.27. The van der Waals surface area contributed by atoms with Crippen molar-refractivity contribution in [3.63, 3.8) is 0 Å². The van der Waals surface area contributed by atoms with Gasteiger partial charge in [0.2, 0.25) is 5.75 Å². The average Bonchev–Trinajstić information content (AvgIpc) is 2.30. The molecule has 0 radical (unpaired) electrons. The van der Waals surface area contributed by atoms with Crippen molar-refractivity contribution in [1.29, 1.82) is 0 Å². The summed E-state index contributed by atoms with van der Waals surface area (Å²) in [6, 6.07) is 4.30. The van der Waals surface area contributed by atoms with Crippen LogP contribution in [0.15, 0.2) is 18.2 Å². The maximum absolute atomic E-state index is 11.0. The highest BCUT2D eigenvalue weighted by atomic mass is 35.5. The first-order valence-electron chi connectivity index (χ1n) is 5.94. The molecule has 9 heteroatoms. The monoisotopic (exact) mass is 338 g/mol. The summed E-state index contributed by atoms with van der Waals surface area (Å²) in [6.07, 6.45) is 0. The van der Waals surface area contributed by atoms with Crippen LogP contribution in [0.1, 0.15) is 20.8 Å². The zero-order valence-corrected chi connectivity index (χ0v) is 13.8. The zero-order valence-electron chi connectivity index (χ0n) is 11.3. The maximum atomic E-state index is 11.0. The van der Waals surface area contributed by atoms with Gasteiger partial charge in [0.15, 0.2) is 0 Å². The van der Waals surface area contributed by atoms with E-state index in [9.17, 15) is 10.1 Å². The summed E-state index contributed by atoms with van der Waals surface area (Å²) in [5.74, 6) is -0.0656. The van der Waals surface area contributed by atoms with E-state index in [2.05, 4.69) is 5.09 Å². The second-order valence-electron chi connectivity index (χ2n) is 4.14. The summed E-state index contributed by atoms with van der Waals surface area (Å²) < 4.78 is 11.0. The molecule has 20 heavy (non-hydrogen) atoms. The number of hydrogen-bond donors (Lipinski definition) is 1. The highest BCUT2D eigenvalue weighted by molar-refractivity contribution is 8.09. The minimum atomic E-state index is -2.90. The van der Waals surface area contributed by atoms with Crippen LogP contribution in [0.5, 0.6) is 5.75 Å². The Bertz CT molecular complexity index is 541. The summed E-state index contributed by atoms with van der Waals surface area (Å²) >= 11 is 11.3. The molecule has 0 aromatic heterocycles. The Morgan fingerprint density at radius 3 is 2.70 bits per heavy atom. The average molecular weight is 339 g/mol. The molecule has 1 rings (SSSR count). The van der Waals surface area contributed by atoms with Crippen LogP contribution < -0.4 is 9.61 Å². The zero-order chi connectivity index (χ0) is 15.3. The molecular weight excluding hydrogens is 323 g/mol. The molecule has 0 bridgehead atoms. The molecule has 0 saturated carbocycles. The van der Waals surface area contributed by atoms with Gasteiger partial charge in [-0.1, -0.05) is 17.7 Å². The van der Waals surface area contributed by atoms with Gasteiger partial charge in [-0.25, -0.2) is 5.09 Å². The van der Waals surface area contributed by atoms with Crippen LogP contribution >= 0.6 is 18.2 Å². The van der Waals surface area contributed by atoms with Gasteiger partial charge in [-0.2, -0.15) is 0 Å². The lowest BCUT2D eigenvalue weighted by Crippen LogP contribution is -2.23. The van der Waals surface area contributed by atoms with Gasteiger partial charge in [0.05, 0.1) is 16.6 Å². The number of nitro benzene ring substituents is 1. The Morgan fingerprint density at radius 2 is 2.20 bits per heavy atom. The van der Waals surface area contributed by atoms with E-state index in [-0.39, 0.29) is 22.5 Å². The number of para-hydroxylation sites is 1. The first-order chi connectivity index (χ1) is 9.29. The molecule has 0 aliphatic carbocycles. The lowest BCUT2D eigenvalue weighted by Gasteiger charge is -2.25. The lowest BCUT2D eigenvalue weighted by atomic mass is 10.3. The fraction of sp³-hybridized carbons (Fsp3) is 0.455. The fourth-order valence-electron chi connectivity index (χ4n) is 1.43. The minimum Gasteiger partial charge on any atom is -0.424 e. The smallest absolute Gasteiger partial charge is 0.313 e. The Labute approximate surface area is 127 Å². The predicted molar refractivity (Wildman–Crippen MR) is 82.9 cm³/mol. The first kappa shape index (κ1) is 17.3. The minimum absolute atomic E-state index is 0.00827. The molecule has 1 N–H and O–H groups in total. The van der Waals surface area contributed by atoms with E-state index in [1.165, 1.54) is 18.2 Å². The molecule has 0 aliphatic heterocycles. The van der Waals surface area contributed by atoms with Gasteiger partial charge in [0, 0.05) is 12.1 Å². The van der Waals surface area contributed by atoms with Crippen molar-refractivity contribution in [3.05, 3.63) is 33.3 Å². The van der Waals surface area contributed by atoms with Crippen LogP contribution in [0.3, 0.4) is 0 Å². The number of hydrogen-bond acceptors (Lipinski definition) is 5. The second-order valence-corrected chi connectivity index (χ2v) is 7.68. The molecule has 0 amide bonds. The topological polar surface area (TPSA) is 73.6 Å². The van der Waals surface area contributed by atoms with Gasteiger partial charge in [-0.15, -0.1) is 0 Å². The Morgan fingerprint density at radius 1 is 1.55 bits per heavy atom. The van der Waals surface area contributed by atoms with Crippen LogP contribution in [-0.4, -0.2) is 17.6 Å². The van der Waals surface area contributed by atoms with Gasteiger partial charge >= 0.3 is 12.3 Å². The molecule has 1 unspecified atom stereocenters. The molecule has 0 fully saturated rings. The van der Waals surface area contributed by atoms with Crippen molar-refractivity contribution in [1.82, 2.24) is 5.09 Å². The standard InChI is InChI=1S/C11H16ClN2O4PS/c1-4-17-19(20,13-8(2)3)18-11-9(12)6-5-7-10(11)14(15)16/h5-8H,4H2,1-3H3,(H,13,20). The van der Waals surface area contributed by atoms with E-state index in [1.54, 1.807) is 6.92 Å². The van der Waals surface area contributed by atoms with Crippen molar-refractivity contribution in [3.8, 4) is 5.75 Å². The number of nitro groups is 1. The lowest BCUT2D eigenvalue weighted by molar-refractivity contribution is -0.385. The molecule has 1 aromatic rings. The van der Waals surface area contributed by atoms with Gasteiger partial charge in [-0.3, -0.25) is 10.1 Å². The Balaban J connectivity index is 3.17. The Hall–Kier alpha value is -0.720. The summed E-state index contributed by atoms with van der Waals surface area (Å²) in [6.45, 7) is 2.96.